The third-order valence-electron chi connectivity index (χ3n) is 4.96. The first-order chi connectivity index (χ1) is 11.3. The van der Waals surface area contributed by atoms with E-state index in [9.17, 15) is 0 Å². The minimum absolute atomic E-state index is 0. The largest absolute Gasteiger partial charge is 0.352 e. The zero-order valence-electron chi connectivity index (χ0n) is 14.8. The lowest BCUT2D eigenvalue weighted by Gasteiger charge is -2.24. The minimum atomic E-state index is 0. The lowest BCUT2D eigenvalue weighted by atomic mass is 10.2. The summed E-state index contributed by atoms with van der Waals surface area (Å²) < 4.78 is 0. The summed E-state index contributed by atoms with van der Waals surface area (Å²) >= 11 is 1.74. The second kappa shape index (κ2) is 9.91. The molecule has 1 saturated carbocycles. The maximum Gasteiger partial charge on any atom is 0.191 e. The molecule has 0 aromatic carbocycles. The topological polar surface area (TPSA) is 52.6 Å². The first-order valence-electron chi connectivity index (χ1n) is 8.93. The molecular weight excluding hydrogens is 433 g/mol. The first-order valence-corrected chi connectivity index (χ1v) is 9.81. The molecule has 2 fully saturated rings. The number of hydrogen-bond acceptors (Lipinski definition) is 4. The van der Waals surface area contributed by atoms with Crippen LogP contribution in [0.25, 0.3) is 0 Å². The summed E-state index contributed by atoms with van der Waals surface area (Å²) in [5, 5.41) is 10.3. The summed E-state index contributed by atoms with van der Waals surface area (Å²) in [4.78, 5) is 11.6. The number of hydrogen-bond donors (Lipinski definition) is 2. The maximum atomic E-state index is 4.60. The zero-order valence-corrected chi connectivity index (χ0v) is 17.9. The van der Waals surface area contributed by atoms with Crippen LogP contribution >= 0.6 is 35.3 Å². The summed E-state index contributed by atoms with van der Waals surface area (Å²) in [5.41, 5.74) is 1.11. The van der Waals surface area contributed by atoms with Crippen LogP contribution in [0.2, 0.25) is 0 Å². The summed E-state index contributed by atoms with van der Waals surface area (Å²) in [5.74, 6) is 0.898. The number of nitrogens with zero attached hydrogens (tertiary/aromatic N) is 3. The van der Waals surface area contributed by atoms with E-state index in [0.717, 1.165) is 37.2 Å². The number of likely N-dealkylation sites (tertiary alicyclic amines) is 1. The average Bonchev–Trinajstić information content (AvgIpc) is 3.31. The van der Waals surface area contributed by atoms with E-state index < -0.39 is 0 Å². The van der Waals surface area contributed by atoms with E-state index in [2.05, 4.69) is 37.8 Å². The molecule has 0 amide bonds. The third kappa shape index (κ3) is 5.29. The van der Waals surface area contributed by atoms with Crippen LogP contribution in [0.5, 0.6) is 0 Å². The number of halogens is 1. The Morgan fingerprint density at radius 2 is 2.17 bits per heavy atom. The van der Waals surface area contributed by atoms with E-state index in [1.165, 1.54) is 43.7 Å². The molecule has 136 valence electrons. The predicted molar refractivity (Wildman–Crippen MR) is 112 cm³/mol. The van der Waals surface area contributed by atoms with Crippen molar-refractivity contribution in [2.75, 3.05) is 20.1 Å². The highest BCUT2D eigenvalue weighted by Gasteiger charge is 2.30. The molecule has 7 heteroatoms. The van der Waals surface area contributed by atoms with E-state index in [0.29, 0.717) is 6.04 Å². The van der Waals surface area contributed by atoms with Gasteiger partial charge in [0.25, 0.3) is 0 Å². The normalized spacial score (nSPS) is 22.6. The molecule has 1 unspecified atom stereocenters. The van der Waals surface area contributed by atoms with Crippen molar-refractivity contribution < 1.29 is 0 Å². The smallest absolute Gasteiger partial charge is 0.191 e. The van der Waals surface area contributed by atoms with Crippen LogP contribution in [0.3, 0.4) is 0 Å². The van der Waals surface area contributed by atoms with Gasteiger partial charge in [-0.25, -0.2) is 4.98 Å². The fraction of sp³-hybridized carbons (Fsp3) is 0.765. The van der Waals surface area contributed by atoms with Crippen LogP contribution in [-0.2, 0) is 13.0 Å². The molecule has 0 radical (unpaired) electrons. The van der Waals surface area contributed by atoms with Crippen molar-refractivity contribution in [1.82, 2.24) is 20.5 Å². The fourth-order valence-electron chi connectivity index (χ4n) is 3.66. The van der Waals surface area contributed by atoms with E-state index >= 15 is 0 Å². The predicted octanol–water partition coefficient (Wildman–Crippen LogP) is 3.01. The van der Waals surface area contributed by atoms with Crippen molar-refractivity contribution >= 4 is 41.3 Å². The molecule has 0 spiro atoms. The lowest BCUT2D eigenvalue weighted by Crippen LogP contribution is -2.45. The number of guanidine groups is 1. The molecule has 5 nitrogen and oxygen atoms in total. The Morgan fingerprint density at radius 3 is 2.83 bits per heavy atom. The molecule has 1 aliphatic carbocycles. The Kier molecular flexibility index (Phi) is 8.22. The van der Waals surface area contributed by atoms with Gasteiger partial charge in [-0.1, -0.05) is 19.8 Å². The molecule has 2 N–H and O–H groups in total. The van der Waals surface area contributed by atoms with Crippen LogP contribution in [0.1, 0.15) is 49.7 Å². The van der Waals surface area contributed by atoms with Gasteiger partial charge in [-0.2, -0.15) is 0 Å². The molecule has 3 rings (SSSR count). The van der Waals surface area contributed by atoms with Crippen molar-refractivity contribution in [1.29, 1.82) is 0 Å². The Labute approximate surface area is 166 Å². The van der Waals surface area contributed by atoms with E-state index in [1.54, 1.807) is 11.3 Å². The van der Waals surface area contributed by atoms with Gasteiger partial charge in [-0.05, 0) is 25.7 Å². The number of thiazole rings is 1. The Bertz CT molecular complexity index is 527. The summed E-state index contributed by atoms with van der Waals surface area (Å²) in [6.07, 6.45) is 7.84. The summed E-state index contributed by atoms with van der Waals surface area (Å²) in [6.45, 7) is 5.27. The molecule has 24 heavy (non-hydrogen) atoms. The zero-order chi connectivity index (χ0) is 16.1. The Balaban J connectivity index is 0.00000208. The van der Waals surface area contributed by atoms with Gasteiger partial charge < -0.3 is 10.6 Å². The average molecular weight is 463 g/mol. The van der Waals surface area contributed by atoms with Gasteiger partial charge >= 0.3 is 0 Å². The SMILES string of the molecule is CCc1nc(CNC(=NC)NC2CCN(C3CCCC3)C2)cs1.I. The third-order valence-corrected chi connectivity index (χ3v) is 6.01. The molecule has 2 heterocycles. The van der Waals surface area contributed by atoms with Gasteiger partial charge in [-0.15, -0.1) is 35.3 Å². The molecule has 1 aromatic heterocycles. The standard InChI is InChI=1S/C17H29N5S.HI/c1-3-16-20-14(12-23-16)10-19-17(18-2)21-13-8-9-22(11-13)15-6-4-5-7-15;/h12-13,15H,3-11H2,1-2H3,(H2,18,19,21);1H. The van der Waals surface area contributed by atoms with Crippen LogP contribution in [-0.4, -0.2) is 48.1 Å². The maximum absolute atomic E-state index is 4.60. The Hall–Kier alpha value is -0.410. The highest BCUT2D eigenvalue weighted by Crippen LogP contribution is 2.26. The van der Waals surface area contributed by atoms with Crippen molar-refractivity contribution in [3.8, 4) is 0 Å². The molecule has 2 aliphatic rings. The van der Waals surface area contributed by atoms with Crippen LogP contribution < -0.4 is 10.6 Å². The number of rotatable bonds is 5. The van der Waals surface area contributed by atoms with Gasteiger partial charge in [0.1, 0.15) is 0 Å². The molecule has 1 aromatic rings. The summed E-state index contributed by atoms with van der Waals surface area (Å²) in [7, 11) is 1.84. The van der Waals surface area contributed by atoms with Crippen molar-refractivity contribution in [2.45, 2.75) is 64.1 Å². The number of nitrogens with one attached hydrogen (secondary N) is 2. The van der Waals surface area contributed by atoms with Crippen LogP contribution in [0.15, 0.2) is 10.4 Å². The Morgan fingerprint density at radius 1 is 1.38 bits per heavy atom. The van der Waals surface area contributed by atoms with Gasteiger partial charge in [0.15, 0.2) is 5.96 Å². The fourth-order valence-corrected chi connectivity index (χ4v) is 4.41. The number of aromatic nitrogens is 1. The van der Waals surface area contributed by atoms with Crippen LogP contribution in [0, 0.1) is 0 Å². The van der Waals surface area contributed by atoms with Gasteiger partial charge in [0.05, 0.1) is 17.2 Å². The van der Waals surface area contributed by atoms with E-state index in [-0.39, 0.29) is 24.0 Å². The second-order valence-electron chi connectivity index (χ2n) is 6.58. The van der Waals surface area contributed by atoms with Gasteiger partial charge in [-0.3, -0.25) is 9.89 Å². The van der Waals surface area contributed by atoms with Gasteiger partial charge in [0.2, 0.25) is 0 Å². The second-order valence-corrected chi connectivity index (χ2v) is 7.52. The molecule has 1 atom stereocenters. The monoisotopic (exact) mass is 463 g/mol. The van der Waals surface area contributed by atoms with Crippen molar-refractivity contribution in [2.24, 2.45) is 4.99 Å². The van der Waals surface area contributed by atoms with Crippen molar-refractivity contribution in [3.63, 3.8) is 0 Å². The number of aliphatic imine (C=N–C) groups is 1. The molecular formula is C17H30IN5S. The number of aryl methyl sites for hydroxylation is 1. The molecule has 1 aliphatic heterocycles. The molecule has 1 saturated heterocycles. The highest BCUT2D eigenvalue weighted by molar-refractivity contribution is 14.0. The summed E-state index contributed by atoms with van der Waals surface area (Å²) in [6, 6.07) is 1.35. The molecule has 0 bridgehead atoms. The minimum Gasteiger partial charge on any atom is -0.352 e. The lowest BCUT2D eigenvalue weighted by molar-refractivity contribution is 0.242. The van der Waals surface area contributed by atoms with Crippen molar-refractivity contribution in [3.05, 3.63) is 16.1 Å². The highest BCUT2D eigenvalue weighted by atomic mass is 127. The van der Waals surface area contributed by atoms with E-state index in [4.69, 9.17) is 0 Å². The van der Waals surface area contributed by atoms with E-state index in [1.807, 2.05) is 7.05 Å². The quantitative estimate of drug-likeness (QED) is 0.401. The van der Waals surface area contributed by atoms with Gasteiger partial charge in [0, 0.05) is 37.6 Å². The first kappa shape index (κ1) is 19.9. The van der Waals surface area contributed by atoms with Crippen LogP contribution in [0.4, 0.5) is 0 Å².